The zero-order valence-corrected chi connectivity index (χ0v) is 16.2. The standard InChI is InChI=1S/C20H19ClFN5O2/c21-11-5-12-13(7-24-17(12)23-6-11)18-25-8-14(22)19(27-18)26-16-10-3-1-9(2-4-10)15(16)20(28)29/h5-10,15-16H,1-4H2,(H,23,24)(H,28,29)(H,25,26,27)/t9?,10?,15-,16-/m0/s1. The van der Waals surface area contributed by atoms with Crippen LogP contribution < -0.4 is 5.32 Å². The van der Waals surface area contributed by atoms with E-state index in [1.54, 1.807) is 12.3 Å². The molecular formula is C20H19ClFN5O2. The third kappa shape index (κ3) is 3.11. The summed E-state index contributed by atoms with van der Waals surface area (Å²) in [6.45, 7) is 0. The van der Waals surface area contributed by atoms with Gasteiger partial charge in [-0.2, -0.15) is 0 Å². The molecule has 7 nitrogen and oxygen atoms in total. The Morgan fingerprint density at radius 1 is 1.21 bits per heavy atom. The molecule has 3 saturated carbocycles. The SMILES string of the molecule is O=C(O)[C@H]1C2CCC(CC2)[C@@H]1Nc1nc(-c2c[nH]c3ncc(Cl)cc23)ncc1F. The van der Waals surface area contributed by atoms with E-state index in [9.17, 15) is 14.3 Å². The second kappa shape index (κ2) is 6.95. The number of rotatable bonds is 4. The quantitative estimate of drug-likeness (QED) is 0.592. The number of hydrogen-bond donors (Lipinski definition) is 3. The van der Waals surface area contributed by atoms with Gasteiger partial charge < -0.3 is 15.4 Å². The van der Waals surface area contributed by atoms with Crippen LogP contribution in [0.15, 0.2) is 24.7 Å². The van der Waals surface area contributed by atoms with Gasteiger partial charge in [-0.1, -0.05) is 11.6 Å². The molecule has 0 amide bonds. The highest BCUT2D eigenvalue weighted by Crippen LogP contribution is 2.46. The first-order valence-electron chi connectivity index (χ1n) is 9.66. The van der Waals surface area contributed by atoms with Crippen molar-refractivity contribution in [2.24, 2.45) is 17.8 Å². The molecule has 3 fully saturated rings. The first kappa shape index (κ1) is 18.3. The van der Waals surface area contributed by atoms with Gasteiger partial charge >= 0.3 is 5.97 Å². The van der Waals surface area contributed by atoms with Crippen molar-refractivity contribution < 1.29 is 14.3 Å². The molecule has 3 heterocycles. The fourth-order valence-corrected chi connectivity index (χ4v) is 5.09. The van der Waals surface area contributed by atoms with Crippen molar-refractivity contribution in [2.45, 2.75) is 31.7 Å². The Balaban J connectivity index is 1.51. The summed E-state index contributed by atoms with van der Waals surface area (Å²) in [5.74, 6) is -1.29. The van der Waals surface area contributed by atoms with E-state index >= 15 is 0 Å². The Hall–Kier alpha value is -2.74. The average molecular weight is 416 g/mol. The summed E-state index contributed by atoms with van der Waals surface area (Å²) in [5.41, 5.74) is 1.28. The summed E-state index contributed by atoms with van der Waals surface area (Å²) < 4.78 is 14.5. The van der Waals surface area contributed by atoms with E-state index in [1.165, 1.54) is 6.20 Å². The highest BCUT2D eigenvalue weighted by atomic mass is 35.5. The molecule has 0 saturated heterocycles. The number of carboxylic acids is 1. The molecule has 3 aliphatic rings. The molecule has 3 N–H and O–H groups in total. The van der Waals surface area contributed by atoms with Crippen LogP contribution in [0.3, 0.4) is 0 Å². The lowest BCUT2D eigenvalue weighted by Gasteiger charge is -2.47. The van der Waals surface area contributed by atoms with Crippen molar-refractivity contribution in [1.29, 1.82) is 0 Å². The molecular weight excluding hydrogens is 397 g/mol. The molecule has 2 atom stereocenters. The maximum Gasteiger partial charge on any atom is 0.308 e. The molecule has 150 valence electrons. The maximum absolute atomic E-state index is 14.5. The van der Waals surface area contributed by atoms with Crippen LogP contribution in [-0.4, -0.2) is 37.1 Å². The van der Waals surface area contributed by atoms with Gasteiger partial charge in [0.1, 0.15) is 5.65 Å². The van der Waals surface area contributed by atoms with Gasteiger partial charge in [0.05, 0.1) is 17.1 Å². The second-order valence-electron chi connectivity index (χ2n) is 7.85. The number of nitrogens with zero attached hydrogens (tertiary/aromatic N) is 3. The lowest BCUT2D eigenvalue weighted by atomic mass is 9.61. The molecule has 9 heteroatoms. The number of halogens is 2. The zero-order valence-electron chi connectivity index (χ0n) is 15.4. The van der Waals surface area contributed by atoms with E-state index in [-0.39, 0.29) is 23.7 Å². The molecule has 0 unspecified atom stereocenters. The van der Waals surface area contributed by atoms with Gasteiger partial charge in [-0.25, -0.2) is 19.3 Å². The van der Waals surface area contributed by atoms with E-state index in [1.807, 2.05) is 0 Å². The molecule has 29 heavy (non-hydrogen) atoms. The number of hydrogen-bond acceptors (Lipinski definition) is 5. The summed E-state index contributed by atoms with van der Waals surface area (Å²) in [4.78, 5) is 27.6. The summed E-state index contributed by atoms with van der Waals surface area (Å²) in [7, 11) is 0. The summed E-state index contributed by atoms with van der Waals surface area (Å²) in [5, 5.41) is 14.1. The van der Waals surface area contributed by atoms with E-state index in [0.29, 0.717) is 22.1 Å². The number of anilines is 1. The van der Waals surface area contributed by atoms with E-state index in [4.69, 9.17) is 11.6 Å². The molecule has 0 aromatic carbocycles. The minimum Gasteiger partial charge on any atom is -0.481 e. The first-order chi connectivity index (χ1) is 14.0. The van der Waals surface area contributed by atoms with Gasteiger partial charge in [0.15, 0.2) is 17.5 Å². The number of aromatic nitrogens is 4. The van der Waals surface area contributed by atoms with Crippen LogP contribution in [0, 0.1) is 23.6 Å². The predicted octanol–water partition coefficient (Wildman–Crippen LogP) is 4.11. The van der Waals surface area contributed by atoms with Crippen LogP contribution in [0.4, 0.5) is 10.2 Å². The monoisotopic (exact) mass is 415 g/mol. The number of carboxylic acid groups (broad SMARTS) is 1. The van der Waals surface area contributed by atoms with Gasteiger partial charge in [0, 0.05) is 29.4 Å². The smallest absolute Gasteiger partial charge is 0.308 e. The third-order valence-electron chi connectivity index (χ3n) is 6.29. The predicted molar refractivity (Wildman–Crippen MR) is 106 cm³/mol. The van der Waals surface area contributed by atoms with Crippen molar-refractivity contribution in [3.8, 4) is 11.4 Å². The van der Waals surface area contributed by atoms with Crippen LogP contribution >= 0.6 is 11.6 Å². The second-order valence-corrected chi connectivity index (χ2v) is 8.29. The van der Waals surface area contributed by atoms with Gasteiger partial charge in [0.25, 0.3) is 0 Å². The number of nitrogens with one attached hydrogen (secondary N) is 2. The number of aromatic amines is 1. The molecule has 0 spiro atoms. The summed E-state index contributed by atoms with van der Waals surface area (Å²) in [6, 6.07) is 1.41. The topological polar surface area (TPSA) is 104 Å². The number of H-pyrrole nitrogens is 1. The van der Waals surface area contributed by atoms with Crippen LogP contribution in [0.25, 0.3) is 22.4 Å². The summed E-state index contributed by atoms with van der Waals surface area (Å²) in [6.07, 6.45) is 8.09. The van der Waals surface area contributed by atoms with Gasteiger partial charge in [-0.3, -0.25) is 4.79 Å². The minimum absolute atomic E-state index is 0.0307. The fourth-order valence-electron chi connectivity index (χ4n) is 4.93. The Bertz CT molecular complexity index is 1100. The molecule has 2 bridgehead atoms. The molecule has 3 aromatic heterocycles. The Morgan fingerprint density at radius 3 is 2.72 bits per heavy atom. The van der Waals surface area contributed by atoms with Crippen molar-refractivity contribution in [3.63, 3.8) is 0 Å². The Morgan fingerprint density at radius 2 is 1.97 bits per heavy atom. The Kier molecular flexibility index (Phi) is 4.38. The van der Waals surface area contributed by atoms with Crippen LogP contribution in [0.2, 0.25) is 5.02 Å². The Labute approximate surface area is 170 Å². The molecule has 0 aliphatic heterocycles. The molecule has 3 aromatic rings. The molecule has 0 radical (unpaired) electrons. The first-order valence-corrected chi connectivity index (χ1v) is 10.0. The average Bonchev–Trinajstić information content (AvgIpc) is 3.13. The van der Waals surface area contributed by atoms with Gasteiger partial charge in [-0.15, -0.1) is 0 Å². The van der Waals surface area contributed by atoms with E-state index in [0.717, 1.165) is 37.3 Å². The maximum atomic E-state index is 14.5. The van der Waals surface area contributed by atoms with E-state index < -0.39 is 17.7 Å². The normalized spacial score (nSPS) is 26.0. The number of pyridine rings is 1. The third-order valence-corrected chi connectivity index (χ3v) is 6.50. The van der Waals surface area contributed by atoms with Crippen molar-refractivity contribution in [3.05, 3.63) is 35.5 Å². The van der Waals surface area contributed by atoms with Crippen molar-refractivity contribution in [1.82, 2.24) is 19.9 Å². The fraction of sp³-hybridized carbons (Fsp3) is 0.400. The minimum atomic E-state index is -0.830. The molecule has 3 aliphatic carbocycles. The number of carbonyl (C=O) groups is 1. The van der Waals surface area contributed by atoms with Crippen LogP contribution in [0.1, 0.15) is 25.7 Å². The van der Waals surface area contributed by atoms with Crippen LogP contribution in [-0.2, 0) is 4.79 Å². The van der Waals surface area contributed by atoms with E-state index in [2.05, 4.69) is 25.3 Å². The highest BCUT2D eigenvalue weighted by Gasteiger charge is 2.47. The van der Waals surface area contributed by atoms with Crippen LogP contribution in [0.5, 0.6) is 0 Å². The molecule has 6 rings (SSSR count). The lowest BCUT2D eigenvalue weighted by Crippen LogP contribution is -2.51. The van der Waals surface area contributed by atoms with Gasteiger partial charge in [0.2, 0.25) is 0 Å². The van der Waals surface area contributed by atoms with Crippen molar-refractivity contribution >= 4 is 34.4 Å². The largest absolute Gasteiger partial charge is 0.481 e. The lowest BCUT2D eigenvalue weighted by molar-refractivity contribution is -0.148. The summed E-state index contributed by atoms with van der Waals surface area (Å²) >= 11 is 6.06. The zero-order chi connectivity index (χ0) is 20.1. The van der Waals surface area contributed by atoms with Crippen molar-refractivity contribution in [2.75, 3.05) is 5.32 Å². The number of fused-ring (bicyclic) bond motifs is 4. The van der Waals surface area contributed by atoms with Gasteiger partial charge in [-0.05, 0) is 43.6 Å². The number of aliphatic carboxylic acids is 1. The highest BCUT2D eigenvalue weighted by molar-refractivity contribution is 6.31.